The van der Waals surface area contributed by atoms with Crippen molar-refractivity contribution in [2.45, 2.75) is 62.2 Å². The van der Waals surface area contributed by atoms with Gasteiger partial charge in [0.15, 0.2) is 37.0 Å². The molecular formula is C42H40O13. The van der Waals surface area contributed by atoms with Crippen LogP contribution in [0.25, 0.3) is 0 Å². The van der Waals surface area contributed by atoms with E-state index in [1.165, 1.54) is 30.3 Å². The molecule has 0 spiro atoms. The van der Waals surface area contributed by atoms with E-state index in [2.05, 4.69) is 6.58 Å². The Labute approximate surface area is 317 Å². The van der Waals surface area contributed by atoms with Crippen LogP contribution >= 0.6 is 0 Å². The summed E-state index contributed by atoms with van der Waals surface area (Å²) in [5.41, 5.74) is 0.762. The fourth-order valence-corrected chi connectivity index (χ4v) is 6.05. The van der Waals surface area contributed by atoms with Crippen molar-refractivity contribution in [1.82, 2.24) is 0 Å². The molecule has 13 nitrogen and oxygen atoms in total. The van der Waals surface area contributed by atoms with Crippen LogP contribution in [0.15, 0.2) is 134 Å². The third kappa shape index (κ3) is 9.70. The van der Waals surface area contributed by atoms with Crippen LogP contribution in [0.2, 0.25) is 0 Å². The van der Waals surface area contributed by atoms with Crippen LogP contribution < -0.4 is 0 Å². The van der Waals surface area contributed by atoms with Crippen LogP contribution in [0.5, 0.6) is 0 Å². The van der Waals surface area contributed by atoms with E-state index in [4.69, 9.17) is 37.9 Å². The topological polar surface area (TPSA) is 162 Å². The molecule has 13 heteroatoms. The summed E-state index contributed by atoms with van der Waals surface area (Å²) in [5.74, 6) is -3.14. The minimum absolute atomic E-state index is 0.0190. The molecule has 0 aromatic heterocycles. The van der Waals surface area contributed by atoms with E-state index < -0.39 is 79.2 Å². The Balaban J connectivity index is 1.35. The van der Waals surface area contributed by atoms with E-state index >= 15 is 0 Å². The maximum absolute atomic E-state index is 13.7. The Bertz CT molecular complexity index is 1890. The molecule has 0 saturated carbocycles. The van der Waals surface area contributed by atoms with Crippen molar-refractivity contribution in [2.24, 2.45) is 0 Å². The first-order chi connectivity index (χ1) is 26.7. The number of aliphatic hydroxyl groups excluding tert-OH is 1. The van der Waals surface area contributed by atoms with Crippen molar-refractivity contribution >= 4 is 23.9 Å². The number of rotatable bonds is 13. The van der Waals surface area contributed by atoms with E-state index in [0.717, 1.165) is 0 Å². The molecule has 0 amide bonds. The van der Waals surface area contributed by atoms with Gasteiger partial charge in [0.25, 0.3) is 0 Å². The Morgan fingerprint density at radius 1 is 0.618 bits per heavy atom. The molecule has 55 heavy (non-hydrogen) atoms. The summed E-state index contributed by atoms with van der Waals surface area (Å²) < 4.78 is 48.0. The van der Waals surface area contributed by atoms with Gasteiger partial charge >= 0.3 is 23.9 Å². The summed E-state index contributed by atoms with van der Waals surface area (Å²) in [6.07, 6.45) is -11.2. The van der Waals surface area contributed by atoms with Gasteiger partial charge in [-0.2, -0.15) is 0 Å². The van der Waals surface area contributed by atoms with Gasteiger partial charge in [-0.25, -0.2) is 19.2 Å². The van der Waals surface area contributed by atoms with Crippen LogP contribution in [0.4, 0.5) is 0 Å². The second-order valence-electron chi connectivity index (χ2n) is 12.6. The maximum Gasteiger partial charge on any atom is 0.338 e. The summed E-state index contributed by atoms with van der Waals surface area (Å²) >= 11 is 0. The van der Waals surface area contributed by atoms with Crippen molar-refractivity contribution < 1.29 is 62.2 Å². The van der Waals surface area contributed by atoms with Gasteiger partial charge in [-0.05, 0) is 55.5 Å². The lowest BCUT2D eigenvalue weighted by Gasteiger charge is -2.46. The lowest BCUT2D eigenvalue weighted by molar-refractivity contribution is -0.350. The normalized spacial score (nSPS) is 26.2. The molecule has 0 unspecified atom stereocenters. The van der Waals surface area contributed by atoms with Gasteiger partial charge in [0.2, 0.25) is 0 Å². The summed E-state index contributed by atoms with van der Waals surface area (Å²) in [6.45, 7) is 4.95. The summed E-state index contributed by atoms with van der Waals surface area (Å²) in [4.78, 5) is 53.8. The average molecular weight is 753 g/mol. The highest BCUT2D eigenvalue weighted by Crippen LogP contribution is 2.34. The fraction of sp³-hybridized carbons (Fsp3) is 0.286. The number of carbonyl (C=O) groups is 4. The van der Waals surface area contributed by atoms with Crippen LogP contribution in [-0.4, -0.2) is 97.5 Å². The van der Waals surface area contributed by atoms with Crippen molar-refractivity contribution in [3.8, 4) is 0 Å². The molecule has 2 fully saturated rings. The van der Waals surface area contributed by atoms with Crippen molar-refractivity contribution in [1.29, 1.82) is 0 Å². The number of ether oxygens (including phenoxy) is 8. The number of hydrogen-bond acceptors (Lipinski definition) is 13. The minimum atomic E-state index is -1.62. The number of esters is 4. The first-order valence-corrected chi connectivity index (χ1v) is 17.6. The predicted octanol–water partition coefficient (Wildman–Crippen LogP) is 4.94. The molecule has 2 aliphatic heterocycles. The van der Waals surface area contributed by atoms with Crippen molar-refractivity contribution in [3.05, 3.63) is 156 Å². The highest BCUT2D eigenvalue weighted by molar-refractivity contribution is 5.91. The van der Waals surface area contributed by atoms with Crippen LogP contribution in [-0.2, 0) is 37.9 Å². The highest BCUT2D eigenvalue weighted by atomic mass is 16.8. The zero-order valence-electron chi connectivity index (χ0n) is 29.8. The quantitative estimate of drug-likeness (QED) is 0.111. The highest BCUT2D eigenvalue weighted by Gasteiger charge is 2.54. The summed E-state index contributed by atoms with van der Waals surface area (Å²) in [6, 6.07) is 32.4. The van der Waals surface area contributed by atoms with E-state index in [1.54, 1.807) is 104 Å². The number of aliphatic hydroxyl groups is 1. The van der Waals surface area contributed by atoms with Crippen molar-refractivity contribution in [3.63, 3.8) is 0 Å². The molecule has 1 N–H and O–H groups in total. The van der Waals surface area contributed by atoms with Gasteiger partial charge in [-0.3, -0.25) is 0 Å². The number of hydrogen-bond donors (Lipinski definition) is 1. The third-order valence-electron chi connectivity index (χ3n) is 8.83. The monoisotopic (exact) mass is 752 g/mol. The molecule has 0 radical (unpaired) electrons. The number of benzene rings is 4. The van der Waals surface area contributed by atoms with E-state index in [9.17, 15) is 24.3 Å². The molecule has 0 bridgehead atoms. The lowest BCUT2D eigenvalue weighted by atomic mass is 9.97. The first kappa shape index (κ1) is 39.0. The molecule has 4 aromatic rings. The molecule has 9 atom stereocenters. The van der Waals surface area contributed by atoms with Gasteiger partial charge in [0.1, 0.15) is 12.2 Å². The van der Waals surface area contributed by atoms with Crippen molar-refractivity contribution in [2.75, 3.05) is 13.2 Å². The zero-order valence-corrected chi connectivity index (χ0v) is 29.8. The van der Waals surface area contributed by atoms with E-state index in [1.807, 2.05) is 0 Å². The lowest BCUT2D eigenvalue weighted by Crippen LogP contribution is -2.64. The Hall–Kier alpha value is -5.70. The average Bonchev–Trinajstić information content (AvgIpc) is 3.22. The number of carbonyl (C=O) groups excluding carboxylic acids is 4. The Kier molecular flexibility index (Phi) is 13.2. The second kappa shape index (κ2) is 18.6. The molecule has 2 heterocycles. The van der Waals surface area contributed by atoms with Crippen LogP contribution in [0.1, 0.15) is 48.4 Å². The molecule has 2 aliphatic rings. The molecule has 6 rings (SSSR count). The van der Waals surface area contributed by atoms with Gasteiger partial charge < -0.3 is 43.0 Å². The largest absolute Gasteiger partial charge is 0.453 e. The standard InChI is InChI=1S/C42H40O13/c1-3-24-48-41-34(32(43)31(25-49-41)51-37(44)27-16-8-4-9-17-27)55-42-36(54-40(47)30-22-14-7-15-23-30)35(53-39(46)29-20-12-6-13-21-29)33(26(2)50-42)52-38(45)28-18-10-5-11-19-28/h3-23,26,31-36,41-43H,1,24-25H2,2H3/t26-,31-,32-,33-,34+,35+,36+,41-,42-/m0/s1. The Morgan fingerprint density at radius 2 is 1.04 bits per heavy atom. The Morgan fingerprint density at radius 3 is 1.49 bits per heavy atom. The minimum Gasteiger partial charge on any atom is -0.453 e. The molecular weight excluding hydrogens is 712 g/mol. The molecule has 4 aromatic carbocycles. The van der Waals surface area contributed by atoms with Crippen LogP contribution in [0.3, 0.4) is 0 Å². The molecule has 286 valence electrons. The first-order valence-electron chi connectivity index (χ1n) is 17.6. The summed E-state index contributed by atoms with van der Waals surface area (Å²) in [5, 5.41) is 11.7. The van der Waals surface area contributed by atoms with Crippen LogP contribution in [0, 0.1) is 0 Å². The maximum atomic E-state index is 13.7. The fourth-order valence-electron chi connectivity index (χ4n) is 6.05. The second-order valence-corrected chi connectivity index (χ2v) is 12.6. The SMILES string of the molecule is C=CCO[C@H]1OC[C@H](OC(=O)c2ccccc2)[C@H](O)[C@H]1O[C@@H]1O[C@@H](C)[C@H](OC(=O)c2ccccc2)[C@@H](OC(=O)c2ccccc2)[C@H]1OC(=O)c1ccccc1. The molecule has 0 aliphatic carbocycles. The smallest absolute Gasteiger partial charge is 0.338 e. The predicted molar refractivity (Wildman–Crippen MR) is 194 cm³/mol. The summed E-state index contributed by atoms with van der Waals surface area (Å²) in [7, 11) is 0. The van der Waals surface area contributed by atoms with Gasteiger partial charge in [-0.1, -0.05) is 78.9 Å². The third-order valence-corrected chi connectivity index (χ3v) is 8.83. The van der Waals surface area contributed by atoms with E-state index in [-0.39, 0.29) is 35.5 Å². The van der Waals surface area contributed by atoms with E-state index in [0.29, 0.717) is 0 Å². The zero-order chi connectivity index (χ0) is 38.7. The van der Waals surface area contributed by atoms with Gasteiger partial charge in [-0.15, -0.1) is 6.58 Å². The molecule has 2 saturated heterocycles. The van der Waals surface area contributed by atoms with Gasteiger partial charge in [0, 0.05) is 0 Å². The van der Waals surface area contributed by atoms with Gasteiger partial charge in [0.05, 0.1) is 41.6 Å².